The van der Waals surface area contributed by atoms with Crippen LogP contribution in [0.3, 0.4) is 0 Å². The number of rotatable bonds is 6. The number of hydrogen-bond acceptors (Lipinski definition) is 6. The predicted molar refractivity (Wildman–Crippen MR) is 85.7 cm³/mol. The van der Waals surface area contributed by atoms with E-state index in [1.807, 2.05) is 6.07 Å². The van der Waals surface area contributed by atoms with E-state index >= 15 is 0 Å². The van der Waals surface area contributed by atoms with Gasteiger partial charge in [-0.15, -0.1) is 0 Å². The van der Waals surface area contributed by atoms with Crippen molar-refractivity contribution in [3.8, 4) is 0 Å². The number of nitrogens with zero attached hydrogens (tertiary/aromatic N) is 4. The number of likely N-dealkylation sites (N-methyl/N-ethyl adjacent to an activating group) is 1. The molecule has 2 N–H and O–H groups in total. The smallest absolute Gasteiger partial charge is 0.134 e. The molecule has 1 atom stereocenters. The van der Waals surface area contributed by atoms with Crippen LogP contribution in [0.1, 0.15) is 26.7 Å². The van der Waals surface area contributed by atoms with Crippen LogP contribution in [0.25, 0.3) is 0 Å². The molecule has 1 aliphatic rings. The standard InChI is InChI=1S/C15H27N5O/c1-15(2,19(3)4)10-16-13-8-14(18-11-17-13)20-7-5-6-12(20)9-21/h8,11-12,21H,5-7,9-10H2,1-4H3,(H,16,17,18). The molecule has 1 aromatic heterocycles. The Bertz CT molecular complexity index is 463. The third-order valence-electron chi connectivity index (χ3n) is 4.45. The van der Waals surface area contributed by atoms with Crippen molar-refractivity contribution < 1.29 is 5.11 Å². The SMILES string of the molecule is CN(C)C(C)(C)CNc1cc(N2CCCC2CO)ncn1. The summed E-state index contributed by atoms with van der Waals surface area (Å²) in [5.41, 5.74) is 0.0480. The summed E-state index contributed by atoms with van der Waals surface area (Å²) in [5, 5.41) is 12.8. The Labute approximate surface area is 127 Å². The van der Waals surface area contributed by atoms with Crippen LogP contribution in [0, 0.1) is 0 Å². The molecule has 1 fully saturated rings. The van der Waals surface area contributed by atoms with Crippen LogP contribution in [0.5, 0.6) is 0 Å². The van der Waals surface area contributed by atoms with E-state index in [0.29, 0.717) is 0 Å². The number of aliphatic hydroxyl groups excluding tert-OH is 1. The van der Waals surface area contributed by atoms with Gasteiger partial charge in [0.05, 0.1) is 12.6 Å². The summed E-state index contributed by atoms with van der Waals surface area (Å²) >= 11 is 0. The molecule has 1 unspecified atom stereocenters. The monoisotopic (exact) mass is 293 g/mol. The fourth-order valence-corrected chi connectivity index (χ4v) is 2.39. The molecule has 0 radical (unpaired) electrons. The summed E-state index contributed by atoms with van der Waals surface area (Å²) < 4.78 is 0. The highest BCUT2D eigenvalue weighted by molar-refractivity contribution is 5.50. The van der Waals surface area contributed by atoms with E-state index in [1.165, 1.54) is 0 Å². The van der Waals surface area contributed by atoms with E-state index in [1.54, 1.807) is 6.33 Å². The van der Waals surface area contributed by atoms with Gasteiger partial charge in [-0.3, -0.25) is 0 Å². The molecule has 0 aromatic carbocycles. The Balaban J connectivity index is 2.04. The van der Waals surface area contributed by atoms with Gasteiger partial charge in [0.1, 0.15) is 18.0 Å². The summed E-state index contributed by atoms with van der Waals surface area (Å²) in [6, 6.07) is 2.16. The van der Waals surface area contributed by atoms with Crippen molar-refractivity contribution in [3.63, 3.8) is 0 Å². The van der Waals surface area contributed by atoms with Crippen LogP contribution in [-0.4, -0.2) is 65.3 Å². The zero-order valence-corrected chi connectivity index (χ0v) is 13.5. The van der Waals surface area contributed by atoms with E-state index < -0.39 is 0 Å². The van der Waals surface area contributed by atoms with Crippen molar-refractivity contribution in [2.45, 2.75) is 38.3 Å². The van der Waals surface area contributed by atoms with Crippen molar-refractivity contribution in [1.82, 2.24) is 14.9 Å². The Morgan fingerprint density at radius 1 is 1.43 bits per heavy atom. The Hall–Kier alpha value is -1.40. The van der Waals surface area contributed by atoms with Gasteiger partial charge in [0.2, 0.25) is 0 Å². The lowest BCUT2D eigenvalue weighted by Gasteiger charge is -2.33. The van der Waals surface area contributed by atoms with Gasteiger partial charge >= 0.3 is 0 Å². The molecule has 118 valence electrons. The fraction of sp³-hybridized carbons (Fsp3) is 0.733. The molecule has 0 spiro atoms. The maximum atomic E-state index is 9.43. The molecular formula is C15H27N5O. The summed E-state index contributed by atoms with van der Waals surface area (Å²) in [6.07, 6.45) is 3.72. The highest BCUT2D eigenvalue weighted by Crippen LogP contribution is 2.24. The number of aromatic nitrogens is 2. The van der Waals surface area contributed by atoms with Crippen LogP contribution in [0.2, 0.25) is 0 Å². The molecule has 21 heavy (non-hydrogen) atoms. The first-order chi connectivity index (χ1) is 9.94. The molecule has 1 aromatic rings. The molecule has 0 amide bonds. The maximum absolute atomic E-state index is 9.43. The molecule has 0 bridgehead atoms. The third-order valence-corrected chi connectivity index (χ3v) is 4.45. The Morgan fingerprint density at radius 2 is 2.19 bits per heavy atom. The summed E-state index contributed by atoms with van der Waals surface area (Å²) in [7, 11) is 4.15. The summed E-state index contributed by atoms with van der Waals surface area (Å²) in [6.45, 7) is 6.31. The molecule has 6 heteroatoms. The van der Waals surface area contributed by atoms with Crippen LogP contribution in [0.15, 0.2) is 12.4 Å². The highest BCUT2D eigenvalue weighted by atomic mass is 16.3. The number of aliphatic hydroxyl groups is 1. The normalized spacial score (nSPS) is 19.3. The van der Waals surface area contributed by atoms with E-state index in [9.17, 15) is 5.11 Å². The van der Waals surface area contributed by atoms with Crippen molar-refractivity contribution in [2.75, 3.05) is 44.0 Å². The average molecular weight is 293 g/mol. The lowest BCUT2D eigenvalue weighted by atomic mass is 10.0. The predicted octanol–water partition coefficient (Wildman–Crippen LogP) is 1.19. The van der Waals surface area contributed by atoms with Crippen molar-refractivity contribution in [2.24, 2.45) is 0 Å². The zero-order valence-electron chi connectivity index (χ0n) is 13.5. The Kier molecular flexibility index (Phi) is 5.00. The van der Waals surface area contributed by atoms with Crippen molar-refractivity contribution in [3.05, 3.63) is 12.4 Å². The van der Waals surface area contributed by atoms with Crippen LogP contribution < -0.4 is 10.2 Å². The lowest BCUT2D eigenvalue weighted by molar-refractivity contribution is 0.210. The second kappa shape index (κ2) is 6.58. The second-order valence-corrected chi connectivity index (χ2v) is 6.49. The van der Waals surface area contributed by atoms with Gasteiger partial charge in [-0.2, -0.15) is 0 Å². The Morgan fingerprint density at radius 3 is 2.86 bits per heavy atom. The molecule has 1 aliphatic heterocycles. The van der Waals surface area contributed by atoms with Gasteiger partial charge < -0.3 is 20.2 Å². The number of nitrogens with one attached hydrogen (secondary N) is 1. The molecular weight excluding hydrogens is 266 g/mol. The van der Waals surface area contributed by atoms with Gasteiger partial charge in [-0.25, -0.2) is 9.97 Å². The van der Waals surface area contributed by atoms with Gasteiger partial charge in [-0.05, 0) is 40.8 Å². The summed E-state index contributed by atoms with van der Waals surface area (Å²) in [4.78, 5) is 13.0. The third kappa shape index (κ3) is 3.83. The van der Waals surface area contributed by atoms with Gasteiger partial charge in [0, 0.05) is 24.7 Å². The van der Waals surface area contributed by atoms with Crippen molar-refractivity contribution in [1.29, 1.82) is 0 Å². The van der Waals surface area contributed by atoms with E-state index in [0.717, 1.165) is 37.6 Å². The molecule has 1 saturated heterocycles. The summed E-state index contributed by atoms with van der Waals surface area (Å²) in [5.74, 6) is 1.73. The minimum absolute atomic E-state index is 0.0480. The molecule has 2 rings (SSSR count). The largest absolute Gasteiger partial charge is 0.394 e. The first-order valence-electron chi connectivity index (χ1n) is 7.55. The first kappa shape index (κ1) is 16.0. The van der Waals surface area contributed by atoms with Crippen LogP contribution in [0.4, 0.5) is 11.6 Å². The number of anilines is 2. The lowest BCUT2D eigenvalue weighted by Crippen LogP contribution is -2.44. The maximum Gasteiger partial charge on any atom is 0.134 e. The quantitative estimate of drug-likeness (QED) is 0.821. The van der Waals surface area contributed by atoms with E-state index in [4.69, 9.17) is 0 Å². The van der Waals surface area contributed by atoms with Gasteiger partial charge in [0.15, 0.2) is 0 Å². The second-order valence-electron chi connectivity index (χ2n) is 6.49. The van der Waals surface area contributed by atoms with E-state index in [-0.39, 0.29) is 18.2 Å². The molecule has 0 saturated carbocycles. The van der Waals surface area contributed by atoms with Gasteiger partial charge in [-0.1, -0.05) is 0 Å². The average Bonchev–Trinajstić information content (AvgIpc) is 2.94. The molecule has 2 heterocycles. The fourth-order valence-electron chi connectivity index (χ4n) is 2.39. The highest BCUT2D eigenvalue weighted by Gasteiger charge is 2.25. The van der Waals surface area contributed by atoms with Crippen LogP contribution in [-0.2, 0) is 0 Å². The topological polar surface area (TPSA) is 64.5 Å². The first-order valence-corrected chi connectivity index (χ1v) is 7.55. The van der Waals surface area contributed by atoms with Gasteiger partial charge in [0.25, 0.3) is 0 Å². The minimum Gasteiger partial charge on any atom is -0.394 e. The molecule has 0 aliphatic carbocycles. The molecule has 6 nitrogen and oxygen atoms in total. The van der Waals surface area contributed by atoms with Crippen molar-refractivity contribution >= 4 is 11.6 Å². The zero-order chi connectivity index (χ0) is 15.5. The van der Waals surface area contributed by atoms with Crippen LogP contribution >= 0.6 is 0 Å². The number of hydrogen-bond donors (Lipinski definition) is 2. The minimum atomic E-state index is 0.0480. The van der Waals surface area contributed by atoms with E-state index in [2.05, 4.69) is 53.0 Å².